The van der Waals surface area contributed by atoms with Crippen molar-refractivity contribution >= 4 is 11.6 Å². The third-order valence-corrected chi connectivity index (χ3v) is 7.15. The molecule has 2 saturated heterocycles. The molecule has 0 spiro atoms. The summed E-state index contributed by atoms with van der Waals surface area (Å²) in [4.78, 5) is 16.9. The fourth-order valence-corrected chi connectivity index (χ4v) is 5.10. The van der Waals surface area contributed by atoms with Crippen molar-refractivity contribution in [2.75, 3.05) is 32.7 Å². The summed E-state index contributed by atoms with van der Waals surface area (Å²) in [6.07, 6.45) is -0.862. The highest BCUT2D eigenvalue weighted by Gasteiger charge is 2.41. The molecule has 1 amide bonds. The van der Waals surface area contributed by atoms with E-state index in [0.717, 1.165) is 43.3 Å². The van der Waals surface area contributed by atoms with Crippen LogP contribution in [0, 0.1) is 23.5 Å². The topological polar surface area (TPSA) is 61.9 Å². The molecule has 1 aromatic rings. The average Bonchev–Trinajstić information content (AvgIpc) is 3.59. The largest absolute Gasteiger partial charge is 0.419 e. The first-order valence-electron chi connectivity index (χ1n) is 11.5. The predicted molar refractivity (Wildman–Crippen MR) is 113 cm³/mol. The van der Waals surface area contributed by atoms with Gasteiger partial charge in [-0.05, 0) is 62.1 Å². The lowest BCUT2D eigenvalue weighted by atomic mass is 9.85. The van der Waals surface area contributed by atoms with Crippen molar-refractivity contribution < 1.29 is 26.7 Å². The molecule has 0 bridgehead atoms. The van der Waals surface area contributed by atoms with Gasteiger partial charge in [0, 0.05) is 38.5 Å². The number of carbonyl (C=O) groups excluding carboxylic acids is 1. The van der Waals surface area contributed by atoms with E-state index >= 15 is 0 Å². The number of nitrogens with two attached hydrogens (primary N) is 1. The SMILES string of the molecule is N/N=C1\CN(CC2CC2)CCC1CC(=O)N1CCC(c2ccc(F)c(F)c2C(F)(F)F)CC1. The highest BCUT2D eigenvalue weighted by molar-refractivity contribution is 5.92. The summed E-state index contributed by atoms with van der Waals surface area (Å²) in [6, 6.07) is 1.75. The van der Waals surface area contributed by atoms with Gasteiger partial charge in [-0.3, -0.25) is 9.69 Å². The number of hydrogen-bond acceptors (Lipinski definition) is 4. The van der Waals surface area contributed by atoms with Crippen molar-refractivity contribution in [2.45, 2.75) is 50.6 Å². The van der Waals surface area contributed by atoms with Crippen LogP contribution >= 0.6 is 0 Å². The van der Waals surface area contributed by atoms with E-state index < -0.39 is 29.3 Å². The molecule has 0 radical (unpaired) electrons. The van der Waals surface area contributed by atoms with Crippen LogP contribution in [0.2, 0.25) is 0 Å². The minimum absolute atomic E-state index is 0.0290. The molecule has 1 aliphatic carbocycles. The summed E-state index contributed by atoms with van der Waals surface area (Å²) in [7, 11) is 0. The smallest absolute Gasteiger partial charge is 0.343 e. The number of nitrogens with zero attached hydrogens (tertiary/aromatic N) is 3. The summed E-state index contributed by atoms with van der Waals surface area (Å²) in [5.41, 5.74) is -0.954. The zero-order valence-electron chi connectivity index (χ0n) is 18.4. The second-order valence-corrected chi connectivity index (χ2v) is 9.47. The highest BCUT2D eigenvalue weighted by atomic mass is 19.4. The van der Waals surface area contributed by atoms with Gasteiger partial charge in [0.05, 0.1) is 11.3 Å². The van der Waals surface area contributed by atoms with Gasteiger partial charge in [-0.15, -0.1) is 0 Å². The quantitative estimate of drug-likeness (QED) is 0.398. The Morgan fingerprint density at radius 2 is 1.76 bits per heavy atom. The first kappa shape index (κ1) is 23.9. The summed E-state index contributed by atoms with van der Waals surface area (Å²) in [6.45, 7) is 3.15. The minimum atomic E-state index is -4.99. The van der Waals surface area contributed by atoms with E-state index in [9.17, 15) is 26.7 Å². The van der Waals surface area contributed by atoms with Crippen molar-refractivity contribution in [1.29, 1.82) is 0 Å². The fraction of sp³-hybridized carbons (Fsp3) is 0.652. The Labute approximate surface area is 189 Å². The predicted octanol–water partition coefficient (Wildman–Crippen LogP) is 4.13. The Morgan fingerprint density at radius 1 is 1.06 bits per heavy atom. The molecule has 2 heterocycles. The maximum absolute atomic E-state index is 14.0. The van der Waals surface area contributed by atoms with Gasteiger partial charge in [0.1, 0.15) is 0 Å². The first-order valence-corrected chi connectivity index (χ1v) is 11.5. The van der Waals surface area contributed by atoms with E-state index in [2.05, 4.69) is 10.0 Å². The number of benzene rings is 1. The summed E-state index contributed by atoms with van der Waals surface area (Å²) in [5, 5.41) is 3.94. The van der Waals surface area contributed by atoms with Crippen LogP contribution in [0.15, 0.2) is 17.2 Å². The molecule has 33 heavy (non-hydrogen) atoms. The third kappa shape index (κ3) is 5.47. The highest BCUT2D eigenvalue weighted by Crippen LogP contribution is 2.41. The van der Waals surface area contributed by atoms with Crippen LogP contribution in [-0.4, -0.2) is 54.1 Å². The molecule has 3 fully saturated rings. The summed E-state index contributed by atoms with van der Waals surface area (Å²) in [5.74, 6) is 2.29. The van der Waals surface area contributed by atoms with Gasteiger partial charge in [-0.1, -0.05) is 6.07 Å². The van der Waals surface area contributed by atoms with Crippen molar-refractivity contribution in [2.24, 2.45) is 22.8 Å². The molecular formula is C23H29F5N4O. The van der Waals surface area contributed by atoms with E-state index in [1.54, 1.807) is 4.90 Å². The number of likely N-dealkylation sites (tertiary alicyclic amines) is 2. The van der Waals surface area contributed by atoms with Crippen molar-refractivity contribution in [3.63, 3.8) is 0 Å². The van der Waals surface area contributed by atoms with Gasteiger partial charge >= 0.3 is 6.18 Å². The molecule has 4 rings (SSSR count). The molecular weight excluding hydrogens is 443 g/mol. The molecule has 1 saturated carbocycles. The summed E-state index contributed by atoms with van der Waals surface area (Å²) >= 11 is 0. The van der Waals surface area contributed by atoms with Crippen LogP contribution in [-0.2, 0) is 11.0 Å². The Balaban J connectivity index is 1.35. The van der Waals surface area contributed by atoms with Crippen LogP contribution in [0.4, 0.5) is 22.0 Å². The molecule has 2 N–H and O–H groups in total. The van der Waals surface area contributed by atoms with Gasteiger partial charge in [0.25, 0.3) is 0 Å². The van der Waals surface area contributed by atoms with Crippen molar-refractivity contribution in [3.8, 4) is 0 Å². The number of alkyl halides is 3. The second-order valence-electron chi connectivity index (χ2n) is 9.47. The molecule has 1 aromatic carbocycles. The maximum atomic E-state index is 14.0. The molecule has 1 unspecified atom stereocenters. The van der Waals surface area contributed by atoms with Crippen LogP contribution in [0.3, 0.4) is 0 Å². The van der Waals surface area contributed by atoms with E-state index in [0.29, 0.717) is 6.54 Å². The first-order chi connectivity index (χ1) is 15.7. The zero-order chi connectivity index (χ0) is 23.8. The van der Waals surface area contributed by atoms with E-state index in [1.165, 1.54) is 12.8 Å². The van der Waals surface area contributed by atoms with Crippen LogP contribution < -0.4 is 5.84 Å². The van der Waals surface area contributed by atoms with Gasteiger partial charge in [0.15, 0.2) is 11.6 Å². The van der Waals surface area contributed by atoms with Gasteiger partial charge in [-0.2, -0.15) is 18.3 Å². The van der Waals surface area contributed by atoms with Crippen molar-refractivity contribution in [1.82, 2.24) is 9.80 Å². The normalized spacial score (nSPS) is 24.5. The number of halogens is 5. The van der Waals surface area contributed by atoms with Crippen molar-refractivity contribution in [3.05, 3.63) is 34.9 Å². The summed E-state index contributed by atoms with van der Waals surface area (Å²) < 4.78 is 67.6. The van der Waals surface area contributed by atoms with Crippen LogP contribution in [0.25, 0.3) is 0 Å². The van der Waals surface area contributed by atoms with E-state index in [4.69, 9.17) is 5.84 Å². The van der Waals surface area contributed by atoms with E-state index in [-0.39, 0.29) is 49.7 Å². The van der Waals surface area contributed by atoms with Gasteiger partial charge in [-0.25, -0.2) is 8.78 Å². The molecule has 1 atom stereocenters. The standard InChI is InChI=1S/C23H29F5N4O/c24-18-4-3-17(21(22(18)25)23(26,27)28)15-6-9-32(10-7-15)20(33)11-16-5-8-31(12-14-1-2-14)13-19(16)30-29/h3-4,14-16H,1-2,5-13,29H2/b30-19+. The zero-order valence-corrected chi connectivity index (χ0v) is 18.4. The lowest BCUT2D eigenvalue weighted by Crippen LogP contribution is -2.45. The molecule has 182 valence electrons. The number of hydrazone groups is 1. The third-order valence-electron chi connectivity index (χ3n) is 7.15. The Hall–Kier alpha value is -2.23. The van der Waals surface area contributed by atoms with Crippen LogP contribution in [0.1, 0.15) is 55.6 Å². The Kier molecular flexibility index (Phi) is 6.93. The Morgan fingerprint density at radius 3 is 2.36 bits per heavy atom. The lowest BCUT2D eigenvalue weighted by Gasteiger charge is -2.36. The minimum Gasteiger partial charge on any atom is -0.343 e. The Bertz CT molecular complexity index is 907. The monoisotopic (exact) mass is 472 g/mol. The lowest BCUT2D eigenvalue weighted by molar-refractivity contribution is -0.141. The number of carbonyl (C=O) groups is 1. The van der Waals surface area contributed by atoms with Gasteiger partial charge < -0.3 is 10.7 Å². The molecule has 10 heteroatoms. The average molecular weight is 473 g/mol. The molecule has 3 aliphatic rings. The number of hydrogen-bond donors (Lipinski definition) is 1. The number of rotatable bonds is 5. The maximum Gasteiger partial charge on any atom is 0.419 e. The van der Waals surface area contributed by atoms with E-state index in [1.807, 2.05) is 0 Å². The molecule has 0 aromatic heterocycles. The molecule has 2 aliphatic heterocycles. The fourth-order valence-electron chi connectivity index (χ4n) is 5.10. The second kappa shape index (κ2) is 9.56. The number of amides is 1. The molecule has 5 nitrogen and oxygen atoms in total. The van der Waals surface area contributed by atoms with Crippen LogP contribution in [0.5, 0.6) is 0 Å². The number of piperidine rings is 2. The van der Waals surface area contributed by atoms with Gasteiger partial charge in [0.2, 0.25) is 5.91 Å².